The lowest BCUT2D eigenvalue weighted by atomic mass is 10.1. The molecule has 0 atom stereocenters. The lowest BCUT2D eigenvalue weighted by Crippen LogP contribution is -2.11. The van der Waals surface area contributed by atoms with Crippen LogP contribution in [0.25, 0.3) is 0 Å². The first-order valence-corrected chi connectivity index (χ1v) is 5.15. The zero-order valence-electron chi connectivity index (χ0n) is 8.97. The van der Waals surface area contributed by atoms with Crippen LogP contribution in [0, 0.1) is 0 Å². The van der Waals surface area contributed by atoms with Crippen molar-refractivity contribution in [2.75, 3.05) is 7.11 Å². The molecule has 0 bridgehead atoms. The molecule has 0 spiro atoms. The van der Waals surface area contributed by atoms with Crippen LogP contribution in [0.2, 0.25) is 5.02 Å². The van der Waals surface area contributed by atoms with Gasteiger partial charge in [0.05, 0.1) is 18.6 Å². The highest BCUT2D eigenvalue weighted by Crippen LogP contribution is 2.27. The van der Waals surface area contributed by atoms with Gasteiger partial charge in [-0.05, 0) is 18.2 Å². The number of rotatable bonds is 4. The van der Waals surface area contributed by atoms with Gasteiger partial charge in [0.15, 0.2) is 5.78 Å². The molecule has 0 saturated carbocycles. The number of ether oxygens (including phenoxy) is 1. The van der Waals surface area contributed by atoms with Crippen molar-refractivity contribution in [2.45, 2.75) is 19.0 Å². The van der Waals surface area contributed by atoms with Crippen LogP contribution in [0.5, 0.6) is 5.75 Å². The highest BCUT2D eigenvalue weighted by Gasteiger charge is 2.28. The third kappa shape index (κ3) is 4.26. The van der Waals surface area contributed by atoms with Crippen molar-refractivity contribution in [1.29, 1.82) is 0 Å². The van der Waals surface area contributed by atoms with E-state index < -0.39 is 24.8 Å². The number of ketones is 1. The van der Waals surface area contributed by atoms with E-state index in [1.54, 1.807) is 0 Å². The topological polar surface area (TPSA) is 26.3 Å². The smallest absolute Gasteiger partial charge is 0.389 e. The van der Waals surface area contributed by atoms with E-state index in [4.69, 9.17) is 16.3 Å². The number of hydrogen-bond donors (Lipinski definition) is 0. The van der Waals surface area contributed by atoms with E-state index in [0.717, 1.165) is 0 Å². The second-order valence-electron chi connectivity index (χ2n) is 3.39. The summed E-state index contributed by atoms with van der Waals surface area (Å²) in [5.74, 6) is -0.318. The molecular weight excluding hydrogens is 257 g/mol. The maximum atomic E-state index is 11.9. The molecule has 1 rings (SSSR count). The highest BCUT2D eigenvalue weighted by atomic mass is 35.5. The number of Topliss-reactive ketones (excluding diaryl/α,β-unsaturated/α-hetero) is 1. The highest BCUT2D eigenvalue weighted by molar-refractivity contribution is 6.32. The number of methoxy groups -OCH3 is 1. The predicted molar refractivity (Wildman–Crippen MR) is 57.6 cm³/mol. The van der Waals surface area contributed by atoms with Gasteiger partial charge in [-0.2, -0.15) is 13.2 Å². The monoisotopic (exact) mass is 266 g/mol. The molecule has 0 aromatic heterocycles. The van der Waals surface area contributed by atoms with Crippen LogP contribution in [0.1, 0.15) is 23.2 Å². The average Bonchev–Trinajstić information content (AvgIpc) is 2.25. The number of carbonyl (C=O) groups is 1. The number of alkyl halides is 3. The maximum absolute atomic E-state index is 11.9. The summed E-state index contributed by atoms with van der Waals surface area (Å²) in [5, 5.41) is 0.305. The Bertz CT molecular complexity index is 416. The molecule has 0 aliphatic carbocycles. The van der Waals surface area contributed by atoms with Gasteiger partial charge in [0.25, 0.3) is 0 Å². The second kappa shape index (κ2) is 5.40. The summed E-state index contributed by atoms with van der Waals surface area (Å²) in [6.45, 7) is 0. The van der Waals surface area contributed by atoms with E-state index in [2.05, 4.69) is 0 Å². The molecule has 94 valence electrons. The lowest BCUT2D eigenvalue weighted by Gasteiger charge is -2.07. The van der Waals surface area contributed by atoms with Crippen molar-refractivity contribution < 1.29 is 22.7 Å². The fraction of sp³-hybridized carbons (Fsp3) is 0.364. The zero-order chi connectivity index (χ0) is 13.1. The molecule has 0 saturated heterocycles. The molecule has 2 nitrogen and oxygen atoms in total. The van der Waals surface area contributed by atoms with Gasteiger partial charge in [0.2, 0.25) is 0 Å². The Morgan fingerprint density at radius 2 is 2.06 bits per heavy atom. The second-order valence-corrected chi connectivity index (χ2v) is 3.79. The van der Waals surface area contributed by atoms with Crippen molar-refractivity contribution >= 4 is 17.4 Å². The molecule has 1 aromatic rings. The molecule has 0 aliphatic heterocycles. The van der Waals surface area contributed by atoms with Crippen molar-refractivity contribution in [3.63, 3.8) is 0 Å². The third-order valence-electron chi connectivity index (χ3n) is 2.11. The van der Waals surface area contributed by atoms with Gasteiger partial charge in [-0.3, -0.25) is 4.79 Å². The maximum Gasteiger partial charge on any atom is 0.389 e. The summed E-state index contributed by atoms with van der Waals surface area (Å²) in [4.78, 5) is 11.5. The number of benzene rings is 1. The standard InChI is InChI=1S/C11H10ClF3O2/c1-17-10-6-7(2-3-8(10)12)9(16)4-5-11(13,14)15/h2-3,6H,4-5H2,1H3. The summed E-state index contributed by atoms with van der Waals surface area (Å²) in [7, 11) is 1.37. The van der Waals surface area contributed by atoms with Crippen molar-refractivity contribution in [2.24, 2.45) is 0 Å². The van der Waals surface area contributed by atoms with E-state index in [-0.39, 0.29) is 11.3 Å². The number of hydrogen-bond acceptors (Lipinski definition) is 2. The molecule has 0 heterocycles. The summed E-state index contributed by atoms with van der Waals surface area (Å²) >= 11 is 5.73. The summed E-state index contributed by atoms with van der Waals surface area (Å²) in [6.07, 6.45) is -6.03. The van der Waals surface area contributed by atoms with Crippen LogP contribution in [-0.2, 0) is 0 Å². The van der Waals surface area contributed by atoms with Gasteiger partial charge < -0.3 is 4.74 Å². The Balaban J connectivity index is 2.76. The predicted octanol–water partition coefficient (Wildman–Crippen LogP) is 3.87. The van der Waals surface area contributed by atoms with E-state index in [9.17, 15) is 18.0 Å². The quantitative estimate of drug-likeness (QED) is 0.773. The Hall–Kier alpha value is -1.23. The summed E-state index contributed by atoms with van der Waals surface area (Å²) in [5.41, 5.74) is 0.163. The molecule has 0 fully saturated rings. The first-order valence-electron chi connectivity index (χ1n) is 4.77. The van der Waals surface area contributed by atoms with Crippen LogP contribution in [0.15, 0.2) is 18.2 Å². The van der Waals surface area contributed by atoms with Crippen LogP contribution in [0.3, 0.4) is 0 Å². The first-order chi connectivity index (χ1) is 7.83. The fourth-order valence-electron chi connectivity index (χ4n) is 1.23. The van der Waals surface area contributed by atoms with E-state index in [1.807, 2.05) is 0 Å². The molecule has 0 N–H and O–H groups in total. The number of halogens is 4. The van der Waals surface area contributed by atoms with Gasteiger partial charge in [-0.1, -0.05) is 11.6 Å². The molecule has 0 amide bonds. The fourth-order valence-corrected chi connectivity index (χ4v) is 1.43. The number of carbonyl (C=O) groups excluding carboxylic acids is 1. The van der Waals surface area contributed by atoms with Crippen molar-refractivity contribution in [1.82, 2.24) is 0 Å². The van der Waals surface area contributed by atoms with Gasteiger partial charge in [0, 0.05) is 12.0 Å². The SMILES string of the molecule is COc1cc(C(=O)CCC(F)(F)F)ccc1Cl. The zero-order valence-corrected chi connectivity index (χ0v) is 9.73. The molecule has 0 aliphatic rings. The van der Waals surface area contributed by atoms with Gasteiger partial charge in [-0.25, -0.2) is 0 Å². The molecular formula is C11H10ClF3O2. The van der Waals surface area contributed by atoms with Crippen LogP contribution in [0.4, 0.5) is 13.2 Å². The van der Waals surface area contributed by atoms with Gasteiger partial charge in [-0.15, -0.1) is 0 Å². The largest absolute Gasteiger partial charge is 0.495 e. The van der Waals surface area contributed by atoms with Crippen LogP contribution in [-0.4, -0.2) is 19.1 Å². The van der Waals surface area contributed by atoms with E-state index in [0.29, 0.717) is 5.02 Å². The van der Waals surface area contributed by atoms with E-state index in [1.165, 1.54) is 25.3 Å². The minimum atomic E-state index is -4.33. The van der Waals surface area contributed by atoms with Crippen molar-refractivity contribution in [3.05, 3.63) is 28.8 Å². The molecule has 17 heavy (non-hydrogen) atoms. The Labute approximate surface area is 101 Å². The Morgan fingerprint density at radius 1 is 1.41 bits per heavy atom. The minimum Gasteiger partial charge on any atom is -0.495 e. The van der Waals surface area contributed by atoms with Crippen molar-refractivity contribution in [3.8, 4) is 5.75 Å². The summed E-state index contributed by atoms with van der Waals surface area (Å²) in [6, 6.07) is 4.13. The molecule has 0 radical (unpaired) electrons. The van der Waals surface area contributed by atoms with Gasteiger partial charge in [0.1, 0.15) is 5.75 Å². The molecule has 6 heteroatoms. The van der Waals surface area contributed by atoms with Gasteiger partial charge >= 0.3 is 6.18 Å². The third-order valence-corrected chi connectivity index (χ3v) is 2.42. The Kier molecular flexibility index (Phi) is 4.40. The van der Waals surface area contributed by atoms with Crippen LogP contribution < -0.4 is 4.74 Å². The summed E-state index contributed by atoms with van der Waals surface area (Å²) < 4.78 is 40.7. The molecule has 1 aromatic carbocycles. The van der Waals surface area contributed by atoms with Crippen LogP contribution >= 0.6 is 11.6 Å². The minimum absolute atomic E-state index is 0.163. The van der Waals surface area contributed by atoms with E-state index >= 15 is 0 Å². The normalized spacial score (nSPS) is 11.4. The average molecular weight is 267 g/mol. The lowest BCUT2D eigenvalue weighted by molar-refractivity contribution is -0.133. The first kappa shape index (κ1) is 13.8. The Morgan fingerprint density at radius 3 is 2.59 bits per heavy atom. The molecule has 0 unspecified atom stereocenters.